The minimum absolute atomic E-state index is 0.00495. The van der Waals surface area contributed by atoms with E-state index in [0.29, 0.717) is 10.2 Å². The lowest BCUT2D eigenvalue weighted by molar-refractivity contribution is -0.387. The summed E-state index contributed by atoms with van der Waals surface area (Å²) in [5.41, 5.74) is -1.92. The van der Waals surface area contributed by atoms with Gasteiger partial charge in [0.05, 0.1) is 23.6 Å². The van der Waals surface area contributed by atoms with Crippen molar-refractivity contribution in [1.29, 1.82) is 0 Å². The largest absolute Gasteiger partial charge is 0.504 e. The minimum atomic E-state index is -2.90. The number of nitro groups is 1. The number of ether oxygens (including phenoxy) is 3. The van der Waals surface area contributed by atoms with Crippen molar-refractivity contribution >= 4 is 53.7 Å². The minimum Gasteiger partial charge on any atom is -0.504 e. The van der Waals surface area contributed by atoms with Gasteiger partial charge in [0.25, 0.3) is 0 Å². The molecule has 0 unspecified atom stereocenters. The third-order valence-electron chi connectivity index (χ3n) is 9.44. The van der Waals surface area contributed by atoms with Crippen LogP contribution in [0.4, 0.5) is 14.9 Å². The normalized spacial score (nSPS) is 13.8. The summed E-state index contributed by atoms with van der Waals surface area (Å²) in [5, 5.41) is 42.7. The van der Waals surface area contributed by atoms with E-state index in [1.807, 2.05) is 33.9 Å². The lowest BCUT2D eigenvalue weighted by Crippen LogP contribution is -2.56. The van der Waals surface area contributed by atoms with Crippen LogP contribution in [0.1, 0.15) is 76.4 Å². The molecule has 0 saturated heterocycles. The van der Waals surface area contributed by atoms with Crippen molar-refractivity contribution in [3.05, 3.63) is 85.6 Å². The smallest absolute Gasteiger partial charge is 0.408 e. The highest BCUT2D eigenvalue weighted by Gasteiger charge is 2.44. The van der Waals surface area contributed by atoms with E-state index >= 15 is 0 Å². The average Bonchev–Trinajstić information content (AvgIpc) is 3.12. The van der Waals surface area contributed by atoms with Gasteiger partial charge >= 0.3 is 11.8 Å². The topological polar surface area (TPSA) is 237 Å². The predicted octanol–water partition coefficient (Wildman–Crippen LogP) is 6.34. The maximum atomic E-state index is 14.7. The lowest BCUT2D eigenvalue weighted by Gasteiger charge is -2.41. The van der Waals surface area contributed by atoms with Gasteiger partial charge in [0.2, 0.25) is 29.3 Å². The van der Waals surface area contributed by atoms with Crippen molar-refractivity contribution in [3.63, 3.8) is 0 Å². The zero-order chi connectivity index (χ0) is 44.8. The number of aromatic hydroxyl groups is 2. The number of hydrogen-bond acceptors (Lipinski definition) is 12. The first kappa shape index (κ1) is 47.9. The van der Waals surface area contributed by atoms with E-state index in [1.54, 1.807) is 20.8 Å². The van der Waals surface area contributed by atoms with Crippen molar-refractivity contribution in [2.24, 2.45) is 0 Å². The molecule has 0 fully saturated rings. The van der Waals surface area contributed by atoms with Crippen LogP contribution in [-0.2, 0) is 23.5 Å². The Morgan fingerprint density at radius 3 is 1.86 bits per heavy atom. The number of halogens is 2. The van der Waals surface area contributed by atoms with Gasteiger partial charge in [-0.05, 0) is 102 Å². The molecular weight excluding hydrogens is 857 g/mol. The van der Waals surface area contributed by atoms with Crippen molar-refractivity contribution in [1.82, 2.24) is 21.3 Å². The third-order valence-corrected chi connectivity index (χ3v) is 14.5. The highest BCUT2D eigenvalue weighted by molar-refractivity contribution is 9.10. The summed E-state index contributed by atoms with van der Waals surface area (Å²) >= 11 is 3.39. The van der Waals surface area contributed by atoms with Crippen molar-refractivity contribution in [2.75, 3.05) is 21.3 Å². The molecule has 4 atom stereocenters. The van der Waals surface area contributed by atoms with E-state index in [9.17, 15) is 43.9 Å². The van der Waals surface area contributed by atoms with E-state index in [-0.39, 0.29) is 22.4 Å². The molecule has 0 aliphatic rings. The number of methoxy groups -OCH3 is 2. The monoisotopic (exact) mass is 907 g/mol. The molecule has 0 radical (unpaired) electrons. The molecule has 0 aliphatic heterocycles. The fourth-order valence-electron chi connectivity index (χ4n) is 5.45. The van der Waals surface area contributed by atoms with Gasteiger partial charge in [-0.3, -0.25) is 24.5 Å². The van der Waals surface area contributed by atoms with Gasteiger partial charge in [0.1, 0.15) is 35.6 Å². The number of benzene rings is 3. The quantitative estimate of drug-likeness (QED) is 0.0557. The molecule has 0 bridgehead atoms. The van der Waals surface area contributed by atoms with Gasteiger partial charge in [-0.2, -0.15) is 4.39 Å². The van der Waals surface area contributed by atoms with Crippen LogP contribution < -0.4 is 30.7 Å². The second kappa shape index (κ2) is 19.1. The van der Waals surface area contributed by atoms with E-state index in [2.05, 4.69) is 37.2 Å². The Hall–Kier alpha value is -5.47. The Kier molecular flexibility index (Phi) is 15.5. The van der Waals surface area contributed by atoms with Gasteiger partial charge in [-0.1, -0.05) is 32.9 Å². The number of alkyl carbamates (subject to hydrolysis) is 1. The van der Waals surface area contributed by atoms with Crippen LogP contribution in [0.3, 0.4) is 0 Å². The fraction of sp³-hybridized carbons (Fsp3) is 0.436. The number of nitrogens with zero attached hydrogens (tertiary/aromatic N) is 1. The van der Waals surface area contributed by atoms with Crippen LogP contribution in [0.2, 0.25) is 18.1 Å². The van der Waals surface area contributed by atoms with Crippen molar-refractivity contribution in [2.45, 2.75) is 89.5 Å². The summed E-state index contributed by atoms with van der Waals surface area (Å²) in [6, 6.07) is 4.52. The molecule has 3 aromatic carbocycles. The van der Waals surface area contributed by atoms with Crippen LogP contribution in [0.5, 0.6) is 23.0 Å². The van der Waals surface area contributed by atoms with Crippen molar-refractivity contribution in [3.8, 4) is 23.0 Å². The van der Waals surface area contributed by atoms with Crippen LogP contribution >= 0.6 is 15.9 Å². The summed E-state index contributed by atoms with van der Waals surface area (Å²) in [6.07, 6.45) is -2.50. The predicted molar refractivity (Wildman–Crippen MR) is 220 cm³/mol. The number of phenolic OH excluding ortho intramolecular Hbond substituents is 2. The standard InChI is InChI=1S/C39H51BrFN5O12Si/c1-38(2,3)57-37(52)45-30(22-18-26(47)33(56-9)27(48)19-22)36(51)43-29(20-13-15-28(55-8)23(40)16-20)35(50)44-31(34(49)42-7)32(58-59(10,11)39(4,5)6)21-12-14-24(41)25(17-21)46(53)54/h12-19,29-32,47-48H,1-11H3,(H,42,49)(H,43,51)(H,44,50)(H,45,52)/t29-,30-,31+,32-/m1/s1. The molecule has 0 heterocycles. The first-order valence-electron chi connectivity index (χ1n) is 18.1. The Morgan fingerprint density at radius 1 is 0.814 bits per heavy atom. The summed E-state index contributed by atoms with van der Waals surface area (Å²) in [5.74, 6) is -5.10. The average molecular weight is 909 g/mol. The molecule has 0 spiro atoms. The zero-order valence-corrected chi connectivity index (χ0v) is 37.2. The zero-order valence-electron chi connectivity index (χ0n) is 34.6. The fourth-order valence-corrected chi connectivity index (χ4v) is 7.27. The van der Waals surface area contributed by atoms with Crippen LogP contribution in [0.15, 0.2) is 53.0 Å². The highest BCUT2D eigenvalue weighted by atomic mass is 79.9. The Bertz CT molecular complexity index is 2050. The molecule has 3 rings (SSSR count). The van der Waals surface area contributed by atoms with E-state index < -0.39 is 94.9 Å². The van der Waals surface area contributed by atoms with E-state index in [1.165, 1.54) is 45.5 Å². The molecule has 17 nitrogen and oxygen atoms in total. The number of hydrogen-bond donors (Lipinski definition) is 6. The second-order valence-corrected chi connectivity index (χ2v) is 21.5. The molecule has 6 N–H and O–H groups in total. The number of nitrogens with one attached hydrogen (secondary N) is 4. The number of likely N-dealkylation sites (N-methyl/N-ethyl adjacent to an activating group) is 1. The van der Waals surface area contributed by atoms with Gasteiger partial charge in [-0.25, -0.2) is 4.79 Å². The molecular formula is C39H51BrFN5O12Si. The van der Waals surface area contributed by atoms with Crippen LogP contribution in [0.25, 0.3) is 0 Å². The Labute approximate surface area is 350 Å². The molecule has 3 aromatic rings. The van der Waals surface area contributed by atoms with Crippen LogP contribution in [0, 0.1) is 15.9 Å². The number of carbonyl (C=O) groups is 4. The summed E-state index contributed by atoms with van der Waals surface area (Å²) in [7, 11) is 0.996. The number of rotatable bonds is 15. The molecule has 4 amide bonds. The SMILES string of the molecule is CNC(=O)[C@@H](NC(=O)[C@H](NC(=O)[C@H](NC(=O)OC(C)(C)C)c1cc(O)c(OC)c(O)c1)c1ccc(OC)c(Br)c1)[C@H](O[Si](C)(C)C(C)(C)C)c1ccc(F)c([N+](=O)[O-])c1. The Morgan fingerprint density at radius 2 is 1.37 bits per heavy atom. The van der Waals surface area contributed by atoms with Gasteiger partial charge < -0.3 is 50.1 Å². The van der Waals surface area contributed by atoms with Crippen LogP contribution in [-0.4, -0.2) is 80.2 Å². The first-order valence-corrected chi connectivity index (χ1v) is 21.8. The molecule has 59 heavy (non-hydrogen) atoms. The maximum Gasteiger partial charge on any atom is 0.408 e. The summed E-state index contributed by atoms with van der Waals surface area (Å²) in [6.45, 7) is 14.2. The summed E-state index contributed by atoms with van der Waals surface area (Å²) in [4.78, 5) is 66.9. The van der Waals surface area contributed by atoms with Gasteiger partial charge in [0, 0.05) is 13.1 Å². The first-order chi connectivity index (χ1) is 27.2. The molecule has 0 aromatic heterocycles. The summed E-state index contributed by atoms with van der Waals surface area (Å²) < 4.78 is 37.4. The number of amides is 4. The number of carbonyl (C=O) groups excluding carboxylic acids is 4. The molecule has 0 saturated carbocycles. The van der Waals surface area contributed by atoms with E-state index in [0.717, 1.165) is 24.3 Å². The van der Waals surface area contributed by atoms with E-state index in [4.69, 9.17) is 18.6 Å². The third kappa shape index (κ3) is 12.0. The molecule has 20 heteroatoms. The molecule has 322 valence electrons. The second-order valence-electron chi connectivity index (χ2n) is 15.9. The van der Waals surface area contributed by atoms with Gasteiger partial charge in [0.15, 0.2) is 19.8 Å². The maximum absolute atomic E-state index is 14.7. The van der Waals surface area contributed by atoms with Crippen molar-refractivity contribution < 1.29 is 57.3 Å². The number of phenols is 2. The molecule has 0 aliphatic carbocycles. The highest BCUT2D eigenvalue weighted by Crippen LogP contribution is 2.42. The van der Waals surface area contributed by atoms with Gasteiger partial charge in [-0.15, -0.1) is 0 Å². The lowest BCUT2D eigenvalue weighted by atomic mass is 9.98. The number of nitro benzene ring substituents is 1. The Balaban J connectivity index is 2.25.